The van der Waals surface area contributed by atoms with Gasteiger partial charge in [-0.2, -0.15) is 0 Å². The lowest BCUT2D eigenvalue weighted by molar-refractivity contribution is 0.278. The van der Waals surface area contributed by atoms with Crippen molar-refractivity contribution in [3.63, 3.8) is 0 Å². The van der Waals surface area contributed by atoms with E-state index in [2.05, 4.69) is 39.5 Å². The highest BCUT2D eigenvalue weighted by Gasteiger charge is 2.47. The standard InChI is InChI=1S/C13H21ClSi/c1-6-7-13(5)9-15(10-14)11(13)8-12(2,3)4/h10-11H,8-9H2,1-5H3/b15-10+. The molecule has 2 unspecified atom stereocenters. The van der Waals surface area contributed by atoms with Gasteiger partial charge in [0.25, 0.3) is 0 Å². The summed E-state index contributed by atoms with van der Waals surface area (Å²) in [6.45, 7) is 11.2. The van der Waals surface area contributed by atoms with E-state index in [4.69, 9.17) is 11.6 Å². The average Bonchev–Trinajstić information content (AvgIpc) is 2.10. The fraction of sp³-hybridized carbons (Fsp3) is 0.769. The van der Waals surface area contributed by atoms with E-state index in [1.54, 1.807) is 0 Å². The van der Waals surface area contributed by atoms with Crippen LogP contribution in [-0.4, -0.2) is 13.5 Å². The van der Waals surface area contributed by atoms with Crippen molar-refractivity contribution < 1.29 is 0 Å². The van der Waals surface area contributed by atoms with E-state index >= 15 is 0 Å². The lowest BCUT2D eigenvalue weighted by Gasteiger charge is -2.48. The van der Waals surface area contributed by atoms with Crippen LogP contribution in [0.15, 0.2) is 0 Å². The van der Waals surface area contributed by atoms with Gasteiger partial charge in [-0.3, -0.25) is 0 Å². The molecule has 84 valence electrons. The van der Waals surface area contributed by atoms with E-state index in [1.807, 2.05) is 12.1 Å². The van der Waals surface area contributed by atoms with Crippen LogP contribution in [0.1, 0.15) is 41.0 Å². The molecule has 0 nitrogen and oxygen atoms in total. The Kier molecular flexibility index (Phi) is 3.84. The molecule has 0 radical (unpaired) electrons. The lowest BCUT2D eigenvalue weighted by atomic mass is 9.78. The van der Waals surface area contributed by atoms with E-state index in [1.165, 1.54) is 12.5 Å². The fourth-order valence-corrected chi connectivity index (χ4v) is 6.30. The average molecular weight is 241 g/mol. The van der Waals surface area contributed by atoms with Gasteiger partial charge in [0.05, 0.1) is 0 Å². The summed E-state index contributed by atoms with van der Waals surface area (Å²) in [6.07, 6.45) is 1.25. The van der Waals surface area contributed by atoms with Gasteiger partial charge in [-0.1, -0.05) is 38.3 Å². The molecule has 1 rings (SSSR count). The highest BCUT2D eigenvalue weighted by atomic mass is 35.5. The maximum atomic E-state index is 5.93. The predicted molar refractivity (Wildman–Crippen MR) is 71.9 cm³/mol. The van der Waals surface area contributed by atoms with Crippen LogP contribution in [0.2, 0.25) is 11.6 Å². The Morgan fingerprint density at radius 3 is 2.53 bits per heavy atom. The number of halogens is 1. The first kappa shape index (κ1) is 13.0. The van der Waals surface area contributed by atoms with E-state index in [9.17, 15) is 0 Å². The molecule has 0 aromatic rings. The van der Waals surface area contributed by atoms with Crippen LogP contribution >= 0.6 is 11.6 Å². The van der Waals surface area contributed by atoms with Crippen LogP contribution in [-0.2, 0) is 0 Å². The Bertz CT molecular complexity index is 327. The zero-order valence-electron chi connectivity index (χ0n) is 10.4. The van der Waals surface area contributed by atoms with Crippen molar-refractivity contribution in [1.29, 1.82) is 0 Å². The van der Waals surface area contributed by atoms with Crippen molar-refractivity contribution in [1.82, 2.24) is 0 Å². The largest absolute Gasteiger partial charge is 0.106 e. The Hall–Kier alpha value is -0.0631. The zero-order chi connectivity index (χ0) is 11.7. The summed E-state index contributed by atoms with van der Waals surface area (Å²) in [5.41, 5.74) is 1.35. The number of hydrogen-bond acceptors (Lipinski definition) is 0. The van der Waals surface area contributed by atoms with Gasteiger partial charge in [0.15, 0.2) is 0 Å². The maximum absolute atomic E-state index is 5.93. The normalized spacial score (nSPS) is 33.2. The molecule has 15 heavy (non-hydrogen) atoms. The van der Waals surface area contributed by atoms with Gasteiger partial charge in [0, 0.05) is 13.8 Å². The Morgan fingerprint density at radius 2 is 2.13 bits per heavy atom. The van der Waals surface area contributed by atoms with Crippen molar-refractivity contribution in [2.75, 3.05) is 0 Å². The molecule has 1 heterocycles. The van der Waals surface area contributed by atoms with Crippen LogP contribution in [0.3, 0.4) is 0 Å². The minimum atomic E-state index is -0.449. The fourth-order valence-electron chi connectivity index (χ4n) is 2.45. The lowest BCUT2D eigenvalue weighted by Crippen LogP contribution is -2.44. The minimum Gasteiger partial charge on any atom is -0.106 e. The van der Waals surface area contributed by atoms with Crippen LogP contribution in [0, 0.1) is 22.7 Å². The van der Waals surface area contributed by atoms with Crippen LogP contribution in [0.4, 0.5) is 0 Å². The summed E-state index contributed by atoms with van der Waals surface area (Å²) in [5.74, 6) is 6.47. The van der Waals surface area contributed by atoms with Gasteiger partial charge in [0.2, 0.25) is 0 Å². The quantitative estimate of drug-likeness (QED) is 0.482. The highest BCUT2D eigenvalue weighted by molar-refractivity contribution is 6.88. The summed E-state index contributed by atoms with van der Waals surface area (Å²) in [5, 5.41) is 1.94. The third-order valence-electron chi connectivity index (χ3n) is 3.16. The molecule has 1 aliphatic rings. The third-order valence-corrected chi connectivity index (χ3v) is 7.16. The molecule has 1 fully saturated rings. The molecular formula is C13H21ClSi. The maximum Gasteiger partial charge on any atom is 0.0325 e. The zero-order valence-corrected chi connectivity index (χ0v) is 12.2. The predicted octanol–water partition coefficient (Wildman–Crippen LogP) is 3.91. The SMILES string of the molecule is CC#CC1(C)C/[Si](=C\Cl)C1CC(C)(C)C. The molecule has 0 bridgehead atoms. The molecule has 0 spiro atoms. The van der Waals surface area contributed by atoms with Crippen molar-refractivity contribution >= 4 is 25.1 Å². The van der Waals surface area contributed by atoms with Gasteiger partial charge >= 0.3 is 0 Å². The molecule has 2 heteroatoms. The van der Waals surface area contributed by atoms with Gasteiger partial charge in [-0.25, -0.2) is 0 Å². The third kappa shape index (κ3) is 2.95. The van der Waals surface area contributed by atoms with Crippen LogP contribution in [0.25, 0.3) is 0 Å². The minimum absolute atomic E-state index is 0.238. The van der Waals surface area contributed by atoms with E-state index in [0.717, 1.165) is 5.54 Å². The Balaban J connectivity index is 2.84. The smallest absolute Gasteiger partial charge is 0.0325 e. The molecule has 1 aliphatic heterocycles. The molecule has 0 aromatic heterocycles. The van der Waals surface area contributed by atoms with Crippen molar-refractivity contribution in [2.24, 2.45) is 10.8 Å². The summed E-state index contributed by atoms with van der Waals surface area (Å²) < 4.78 is 0. The first-order valence-corrected chi connectivity index (χ1v) is 7.85. The van der Waals surface area contributed by atoms with E-state index in [-0.39, 0.29) is 5.41 Å². The second kappa shape index (κ2) is 4.43. The summed E-state index contributed by atoms with van der Waals surface area (Å²) in [6, 6.07) is 1.22. The molecule has 0 aliphatic carbocycles. The van der Waals surface area contributed by atoms with Gasteiger partial charge in [-0.15, -0.1) is 5.92 Å². The Labute approximate surface area is 101 Å². The molecular weight excluding hydrogens is 220 g/mol. The molecule has 0 aromatic carbocycles. The molecule has 1 saturated heterocycles. The van der Waals surface area contributed by atoms with Crippen LogP contribution in [0.5, 0.6) is 0 Å². The highest BCUT2D eigenvalue weighted by Crippen LogP contribution is 2.53. The number of rotatable bonds is 1. The van der Waals surface area contributed by atoms with Crippen molar-refractivity contribution in [2.45, 2.75) is 52.6 Å². The number of hydrogen-bond donors (Lipinski definition) is 0. The molecule has 2 atom stereocenters. The van der Waals surface area contributed by atoms with Gasteiger partial charge < -0.3 is 0 Å². The molecule has 0 amide bonds. The topological polar surface area (TPSA) is 0 Å². The van der Waals surface area contributed by atoms with Gasteiger partial charge in [0.1, 0.15) is 0 Å². The Morgan fingerprint density at radius 1 is 1.53 bits per heavy atom. The molecule has 0 N–H and O–H groups in total. The van der Waals surface area contributed by atoms with Gasteiger partial charge in [-0.05, 0) is 42.4 Å². The van der Waals surface area contributed by atoms with Crippen molar-refractivity contribution in [3.05, 3.63) is 0 Å². The van der Waals surface area contributed by atoms with Crippen molar-refractivity contribution in [3.8, 4) is 11.8 Å². The first-order chi connectivity index (χ1) is 6.82. The second-order valence-corrected chi connectivity index (χ2v) is 9.04. The van der Waals surface area contributed by atoms with Crippen LogP contribution < -0.4 is 0 Å². The van der Waals surface area contributed by atoms with E-state index < -0.39 is 8.41 Å². The monoisotopic (exact) mass is 240 g/mol. The molecule has 0 saturated carbocycles. The summed E-state index contributed by atoms with van der Waals surface area (Å²) in [7, 11) is -0.449. The summed E-state index contributed by atoms with van der Waals surface area (Å²) in [4.78, 5) is 0. The van der Waals surface area contributed by atoms with E-state index in [0.29, 0.717) is 5.41 Å². The second-order valence-electron chi connectivity index (χ2n) is 5.97. The summed E-state index contributed by atoms with van der Waals surface area (Å²) >= 11 is 5.93. The first-order valence-electron chi connectivity index (χ1n) is 5.55.